The highest BCUT2D eigenvalue weighted by atomic mass is 15.2. The quantitative estimate of drug-likeness (QED) is 0.152. The lowest BCUT2D eigenvalue weighted by Crippen LogP contribution is -2.10. The van der Waals surface area contributed by atoms with Gasteiger partial charge in [0.2, 0.25) is 0 Å². The Morgan fingerprint density at radius 1 is 0.242 bits per heavy atom. The zero-order chi connectivity index (χ0) is 41.0. The van der Waals surface area contributed by atoms with E-state index in [2.05, 4.69) is 262 Å². The van der Waals surface area contributed by atoms with Gasteiger partial charge in [0.1, 0.15) is 0 Å². The van der Waals surface area contributed by atoms with E-state index in [1.165, 1.54) is 43.4 Å². The molecule has 0 amide bonds. The average Bonchev–Trinajstić information content (AvgIpc) is 3.85. The summed E-state index contributed by atoms with van der Waals surface area (Å²) in [6, 6.07) is 87.6. The van der Waals surface area contributed by atoms with E-state index in [0.29, 0.717) is 0 Å². The number of hydrogen-bond donors (Lipinski definition) is 0. The third kappa shape index (κ3) is 5.84. The minimum atomic E-state index is 1.11. The maximum Gasteiger partial charge on any atom is 0.0542 e. The van der Waals surface area contributed by atoms with Crippen molar-refractivity contribution in [3.05, 3.63) is 243 Å². The maximum absolute atomic E-state index is 2.42. The monoisotopic (exact) mass is 792 g/mol. The van der Waals surface area contributed by atoms with Crippen LogP contribution in [0.25, 0.3) is 65.8 Å². The molecule has 4 nitrogen and oxygen atoms in total. The number of rotatable bonds is 8. The van der Waals surface area contributed by atoms with Crippen molar-refractivity contribution in [3.8, 4) is 11.4 Å². The first-order chi connectivity index (χ1) is 30.8. The number of nitrogens with zero attached hydrogens (tertiary/aromatic N) is 4. The fourth-order valence-electron chi connectivity index (χ4n) is 9.54. The second-order valence-corrected chi connectivity index (χ2v) is 15.8. The Labute approximate surface area is 360 Å². The van der Waals surface area contributed by atoms with Crippen LogP contribution in [0.1, 0.15) is 0 Å². The van der Waals surface area contributed by atoms with Gasteiger partial charge in [-0.2, -0.15) is 0 Å². The number of anilines is 6. The molecule has 0 saturated heterocycles. The Kier molecular flexibility index (Phi) is 8.46. The molecule has 0 spiro atoms. The number of benzene rings is 10. The molecule has 0 aliphatic rings. The van der Waals surface area contributed by atoms with Gasteiger partial charge < -0.3 is 18.9 Å². The second kappa shape index (κ2) is 14.7. The largest absolute Gasteiger partial charge is 0.310 e. The van der Waals surface area contributed by atoms with Crippen LogP contribution >= 0.6 is 0 Å². The van der Waals surface area contributed by atoms with Gasteiger partial charge >= 0.3 is 0 Å². The van der Waals surface area contributed by atoms with Crippen molar-refractivity contribution in [3.63, 3.8) is 0 Å². The molecule has 0 N–H and O–H groups in total. The number of para-hydroxylation sites is 5. The van der Waals surface area contributed by atoms with Crippen LogP contribution < -0.4 is 9.80 Å². The Bertz CT molecular complexity index is 3540. The van der Waals surface area contributed by atoms with Crippen LogP contribution in [-0.4, -0.2) is 9.13 Å². The topological polar surface area (TPSA) is 16.3 Å². The van der Waals surface area contributed by atoms with Crippen LogP contribution in [0, 0.1) is 0 Å². The summed E-state index contributed by atoms with van der Waals surface area (Å²) < 4.78 is 4.84. The van der Waals surface area contributed by atoms with Crippen molar-refractivity contribution in [2.24, 2.45) is 0 Å². The molecule has 2 aromatic heterocycles. The Morgan fingerprint density at radius 2 is 0.645 bits per heavy atom. The smallest absolute Gasteiger partial charge is 0.0542 e. The molecule has 0 atom stereocenters. The van der Waals surface area contributed by atoms with Crippen LogP contribution in [0.5, 0.6) is 0 Å². The summed E-state index contributed by atoms with van der Waals surface area (Å²) in [6.45, 7) is 0. The van der Waals surface area contributed by atoms with Gasteiger partial charge in [0.15, 0.2) is 0 Å². The van der Waals surface area contributed by atoms with Gasteiger partial charge in [0.25, 0.3) is 0 Å². The third-order valence-corrected chi connectivity index (χ3v) is 12.2. The van der Waals surface area contributed by atoms with Crippen molar-refractivity contribution >= 4 is 88.5 Å². The van der Waals surface area contributed by atoms with Crippen LogP contribution in [0.15, 0.2) is 243 Å². The zero-order valence-electron chi connectivity index (χ0n) is 33.9. The average molecular weight is 793 g/mol. The van der Waals surface area contributed by atoms with Gasteiger partial charge in [-0.25, -0.2) is 0 Å². The third-order valence-electron chi connectivity index (χ3n) is 12.2. The summed E-state index contributed by atoms with van der Waals surface area (Å²) in [5.74, 6) is 0. The maximum atomic E-state index is 2.42. The lowest BCUT2D eigenvalue weighted by Gasteiger charge is -2.27. The van der Waals surface area contributed by atoms with E-state index in [0.717, 1.165) is 56.5 Å². The Hall–Kier alpha value is -8.34. The molecular weight excluding hydrogens is 753 g/mol. The van der Waals surface area contributed by atoms with E-state index in [-0.39, 0.29) is 0 Å². The Balaban J connectivity index is 1.02. The van der Waals surface area contributed by atoms with Crippen LogP contribution in [0.4, 0.5) is 34.1 Å². The minimum absolute atomic E-state index is 1.11. The molecule has 62 heavy (non-hydrogen) atoms. The molecule has 12 rings (SSSR count). The SMILES string of the molecule is c1ccc(N(c2ccccc2)c2ccc3c(c2)c2ccccc2n3-c2cccc(-n3c4ccccc4c4cc(N(c5ccccc5)c5cccc6ccccc56)ccc43)c2)cc1. The predicted molar refractivity (Wildman–Crippen MR) is 262 cm³/mol. The summed E-state index contributed by atoms with van der Waals surface area (Å²) in [7, 11) is 0. The molecule has 10 aromatic carbocycles. The highest BCUT2D eigenvalue weighted by molar-refractivity contribution is 6.12. The molecule has 12 aromatic rings. The summed E-state index contributed by atoms with van der Waals surface area (Å²) in [6.07, 6.45) is 0. The van der Waals surface area contributed by atoms with E-state index in [4.69, 9.17) is 0 Å². The lowest BCUT2D eigenvalue weighted by molar-refractivity contribution is 1.13. The van der Waals surface area contributed by atoms with Crippen molar-refractivity contribution in [2.45, 2.75) is 0 Å². The molecular formula is C58H40N4. The predicted octanol–water partition coefficient (Wildman–Crippen LogP) is 16.0. The van der Waals surface area contributed by atoms with Gasteiger partial charge in [-0.3, -0.25) is 0 Å². The van der Waals surface area contributed by atoms with Crippen molar-refractivity contribution in [1.29, 1.82) is 0 Å². The molecule has 0 fully saturated rings. The van der Waals surface area contributed by atoms with E-state index in [9.17, 15) is 0 Å². The van der Waals surface area contributed by atoms with Crippen LogP contribution in [0.3, 0.4) is 0 Å². The van der Waals surface area contributed by atoms with E-state index < -0.39 is 0 Å². The first kappa shape index (κ1) is 35.6. The Morgan fingerprint density at radius 3 is 1.19 bits per heavy atom. The second-order valence-electron chi connectivity index (χ2n) is 15.8. The van der Waals surface area contributed by atoms with Crippen molar-refractivity contribution < 1.29 is 0 Å². The molecule has 0 bridgehead atoms. The normalized spacial score (nSPS) is 11.5. The van der Waals surface area contributed by atoms with E-state index in [1.807, 2.05) is 0 Å². The molecule has 292 valence electrons. The molecule has 0 unspecified atom stereocenters. The molecule has 0 aliphatic carbocycles. The fourth-order valence-corrected chi connectivity index (χ4v) is 9.54. The number of hydrogen-bond acceptors (Lipinski definition) is 2. The first-order valence-electron chi connectivity index (χ1n) is 21.2. The van der Waals surface area contributed by atoms with Crippen LogP contribution in [-0.2, 0) is 0 Å². The first-order valence-corrected chi connectivity index (χ1v) is 21.2. The summed E-state index contributed by atoms with van der Waals surface area (Å²) in [5, 5.41) is 7.27. The van der Waals surface area contributed by atoms with E-state index in [1.54, 1.807) is 0 Å². The highest BCUT2D eigenvalue weighted by Gasteiger charge is 2.21. The molecule has 0 saturated carbocycles. The number of fused-ring (bicyclic) bond motifs is 7. The van der Waals surface area contributed by atoms with Gasteiger partial charge in [0.05, 0.1) is 27.8 Å². The van der Waals surface area contributed by atoms with Gasteiger partial charge in [0, 0.05) is 66.7 Å². The minimum Gasteiger partial charge on any atom is -0.310 e. The summed E-state index contributed by atoms with van der Waals surface area (Å²) in [5.41, 5.74) is 13.6. The van der Waals surface area contributed by atoms with Gasteiger partial charge in [-0.15, -0.1) is 0 Å². The zero-order valence-corrected chi connectivity index (χ0v) is 33.9. The highest BCUT2D eigenvalue weighted by Crippen LogP contribution is 2.43. The van der Waals surface area contributed by atoms with Crippen molar-refractivity contribution in [2.75, 3.05) is 9.80 Å². The number of aromatic nitrogens is 2. The van der Waals surface area contributed by atoms with Crippen LogP contribution in [0.2, 0.25) is 0 Å². The van der Waals surface area contributed by atoms with Crippen molar-refractivity contribution in [1.82, 2.24) is 9.13 Å². The summed E-state index contributed by atoms with van der Waals surface area (Å²) in [4.78, 5) is 4.72. The molecule has 0 aliphatic heterocycles. The standard InChI is InChI=1S/C58H40N4/c1-4-20-42(21-5-1)59(43-22-6-2-7-23-43)47-34-36-57-52(39-47)50-29-12-14-31-55(50)61(57)45-26-17-27-46(38-45)62-56-32-15-13-30-51(56)53-40-48(35-37-58(53)62)60(44-24-8-3-9-25-44)54-33-16-19-41-18-10-11-28-49(41)54/h1-40H. The molecule has 2 heterocycles. The van der Waals surface area contributed by atoms with Gasteiger partial charge in [-0.05, 0) is 115 Å². The lowest BCUT2D eigenvalue weighted by atomic mass is 10.1. The van der Waals surface area contributed by atoms with Gasteiger partial charge in [-0.1, -0.05) is 133 Å². The van der Waals surface area contributed by atoms with E-state index >= 15 is 0 Å². The summed E-state index contributed by atoms with van der Waals surface area (Å²) >= 11 is 0. The fraction of sp³-hybridized carbons (Fsp3) is 0. The molecule has 4 heteroatoms. The molecule has 0 radical (unpaired) electrons.